The van der Waals surface area contributed by atoms with Crippen LogP contribution in [0.15, 0.2) is 18.2 Å². The topological polar surface area (TPSA) is 45.3 Å². The Morgan fingerprint density at radius 3 is 2.63 bits per heavy atom. The van der Waals surface area contributed by atoms with Crippen molar-refractivity contribution in [1.82, 2.24) is 9.88 Å². The van der Waals surface area contributed by atoms with Gasteiger partial charge in [-0.1, -0.05) is 12.5 Å². The summed E-state index contributed by atoms with van der Waals surface area (Å²) in [6.07, 6.45) is 9.18. The Hall–Kier alpha value is -1.81. The van der Waals surface area contributed by atoms with Crippen molar-refractivity contribution in [3.63, 3.8) is 0 Å². The van der Waals surface area contributed by atoms with Crippen LogP contribution in [-0.2, 0) is 11.2 Å². The first kappa shape index (κ1) is 18.5. The number of nitrogens with zero attached hydrogens (tertiary/aromatic N) is 1. The number of esters is 1. The quantitative estimate of drug-likeness (QED) is 0.756. The third kappa shape index (κ3) is 4.06. The molecular weight excluding hydrogens is 336 g/mol. The number of hydrogen-bond donors (Lipinski definition) is 1. The van der Waals surface area contributed by atoms with Crippen LogP contribution < -0.4 is 0 Å². The highest BCUT2D eigenvalue weighted by Crippen LogP contribution is 2.33. The number of rotatable bonds is 5. The van der Waals surface area contributed by atoms with Gasteiger partial charge in [-0.25, -0.2) is 4.79 Å². The van der Waals surface area contributed by atoms with Gasteiger partial charge in [0.25, 0.3) is 0 Å². The fraction of sp³-hybridized carbons (Fsp3) is 0.609. The molecule has 27 heavy (non-hydrogen) atoms. The van der Waals surface area contributed by atoms with E-state index in [9.17, 15) is 4.79 Å². The number of carbonyl (C=O) groups is 1. The maximum absolute atomic E-state index is 13.0. The third-order valence-electron chi connectivity index (χ3n) is 6.42. The molecule has 2 aliphatic rings. The number of likely N-dealkylation sites (tertiary alicyclic amines) is 1. The zero-order valence-corrected chi connectivity index (χ0v) is 16.8. The maximum atomic E-state index is 13.0. The molecule has 0 amide bonds. The molecule has 4 heteroatoms. The summed E-state index contributed by atoms with van der Waals surface area (Å²) in [5, 5.41) is 1.01. The van der Waals surface area contributed by atoms with E-state index in [1.807, 2.05) is 6.92 Å². The Morgan fingerprint density at radius 2 is 1.89 bits per heavy atom. The Bertz CT molecular complexity index is 811. The average molecular weight is 369 g/mol. The first-order valence-electron chi connectivity index (χ1n) is 10.6. The lowest BCUT2D eigenvalue weighted by molar-refractivity contribution is -0.0267. The first-order valence-corrected chi connectivity index (χ1v) is 10.6. The molecule has 0 spiro atoms. The second kappa shape index (κ2) is 7.67. The highest BCUT2D eigenvalue weighted by molar-refractivity contribution is 6.05. The molecule has 2 heterocycles. The van der Waals surface area contributed by atoms with Crippen molar-refractivity contribution in [2.45, 2.75) is 70.8 Å². The Morgan fingerprint density at radius 1 is 1.15 bits per heavy atom. The molecule has 1 saturated heterocycles. The number of ether oxygens (including phenoxy) is 1. The molecule has 4 nitrogen and oxygen atoms in total. The second-order valence-corrected chi connectivity index (χ2v) is 8.70. The second-order valence-electron chi connectivity index (χ2n) is 8.70. The molecule has 1 aliphatic carbocycles. The van der Waals surface area contributed by atoms with Crippen molar-refractivity contribution in [3.8, 4) is 0 Å². The zero-order valence-electron chi connectivity index (χ0n) is 16.8. The van der Waals surface area contributed by atoms with Crippen molar-refractivity contribution in [2.75, 3.05) is 19.6 Å². The molecule has 146 valence electrons. The number of fused-ring (bicyclic) bond motifs is 1. The number of aromatic nitrogens is 1. The Kier molecular flexibility index (Phi) is 5.27. The standard InChI is InChI=1S/C23H32N2O2/c1-17-21(22(26)27-23(2)11-4-3-5-12-23)19-16-18(8-9-20(19)24-17)10-15-25-13-6-7-14-25/h8-9,16,24H,3-7,10-15H2,1-2H3. The number of carbonyl (C=O) groups excluding carboxylic acids is 1. The van der Waals surface area contributed by atoms with E-state index in [0.717, 1.165) is 60.8 Å². The van der Waals surface area contributed by atoms with Crippen LogP contribution in [0.5, 0.6) is 0 Å². The highest BCUT2D eigenvalue weighted by atomic mass is 16.6. The lowest BCUT2D eigenvalue weighted by Gasteiger charge is -2.33. The van der Waals surface area contributed by atoms with Gasteiger partial charge in [0.2, 0.25) is 0 Å². The van der Waals surface area contributed by atoms with E-state index in [1.165, 1.54) is 37.9 Å². The summed E-state index contributed by atoms with van der Waals surface area (Å²) in [6, 6.07) is 6.49. The van der Waals surface area contributed by atoms with Crippen molar-refractivity contribution in [1.29, 1.82) is 0 Å². The third-order valence-corrected chi connectivity index (χ3v) is 6.42. The average Bonchev–Trinajstić information content (AvgIpc) is 3.26. The monoisotopic (exact) mass is 368 g/mol. The summed E-state index contributed by atoms with van der Waals surface area (Å²) in [5.41, 5.74) is 3.65. The van der Waals surface area contributed by atoms with Gasteiger partial charge in [0.15, 0.2) is 0 Å². The van der Waals surface area contributed by atoms with Crippen LogP contribution in [0.2, 0.25) is 0 Å². The number of hydrogen-bond acceptors (Lipinski definition) is 3. The van der Waals surface area contributed by atoms with Gasteiger partial charge < -0.3 is 14.6 Å². The number of H-pyrrole nitrogens is 1. The van der Waals surface area contributed by atoms with Gasteiger partial charge in [-0.05, 0) is 89.6 Å². The van der Waals surface area contributed by atoms with Crippen molar-refractivity contribution < 1.29 is 9.53 Å². The van der Waals surface area contributed by atoms with Crippen LogP contribution in [0.25, 0.3) is 10.9 Å². The lowest BCUT2D eigenvalue weighted by atomic mass is 9.86. The molecule has 2 fully saturated rings. The van der Waals surface area contributed by atoms with Crippen LogP contribution in [0.3, 0.4) is 0 Å². The predicted octanol–water partition coefficient (Wildman–Crippen LogP) is 4.99. The summed E-state index contributed by atoms with van der Waals surface area (Å²) in [7, 11) is 0. The SMILES string of the molecule is Cc1[nH]c2ccc(CCN3CCCC3)cc2c1C(=O)OC1(C)CCCCC1. The Balaban J connectivity index is 1.54. The summed E-state index contributed by atoms with van der Waals surface area (Å²) in [6.45, 7) is 7.62. The first-order chi connectivity index (χ1) is 13.0. The largest absolute Gasteiger partial charge is 0.456 e. The van der Waals surface area contributed by atoms with E-state index in [2.05, 4.69) is 35.0 Å². The number of aromatic amines is 1. The molecule has 1 aromatic carbocycles. The molecular formula is C23H32N2O2. The highest BCUT2D eigenvalue weighted by Gasteiger charge is 2.32. The van der Waals surface area contributed by atoms with E-state index < -0.39 is 0 Å². The van der Waals surface area contributed by atoms with E-state index in [1.54, 1.807) is 0 Å². The van der Waals surface area contributed by atoms with Gasteiger partial charge in [0, 0.05) is 23.1 Å². The van der Waals surface area contributed by atoms with E-state index in [0.29, 0.717) is 0 Å². The number of benzene rings is 1. The zero-order chi connectivity index (χ0) is 18.9. The molecule has 4 rings (SSSR count). The fourth-order valence-electron chi connectivity index (χ4n) is 4.76. The van der Waals surface area contributed by atoms with Gasteiger partial charge in [0.05, 0.1) is 5.56 Å². The fourth-order valence-corrected chi connectivity index (χ4v) is 4.76. The summed E-state index contributed by atoms with van der Waals surface area (Å²) in [5.74, 6) is -0.167. The molecule has 0 radical (unpaired) electrons. The van der Waals surface area contributed by atoms with Crippen molar-refractivity contribution in [3.05, 3.63) is 35.0 Å². The van der Waals surface area contributed by atoms with Gasteiger partial charge in [-0.15, -0.1) is 0 Å². The molecule has 2 aromatic rings. The maximum Gasteiger partial charge on any atom is 0.341 e. The molecule has 1 aromatic heterocycles. The minimum Gasteiger partial charge on any atom is -0.456 e. The van der Waals surface area contributed by atoms with E-state index in [-0.39, 0.29) is 11.6 Å². The smallest absolute Gasteiger partial charge is 0.341 e. The van der Waals surface area contributed by atoms with E-state index in [4.69, 9.17) is 4.74 Å². The van der Waals surface area contributed by atoms with Crippen LogP contribution in [-0.4, -0.2) is 41.1 Å². The molecule has 1 N–H and O–H groups in total. The molecule has 0 unspecified atom stereocenters. The minimum atomic E-state index is -0.307. The molecule has 0 atom stereocenters. The van der Waals surface area contributed by atoms with Gasteiger partial charge in [-0.3, -0.25) is 0 Å². The van der Waals surface area contributed by atoms with Crippen LogP contribution in [0, 0.1) is 6.92 Å². The predicted molar refractivity (Wildman–Crippen MR) is 109 cm³/mol. The summed E-state index contributed by atoms with van der Waals surface area (Å²) < 4.78 is 6.03. The van der Waals surface area contributed by atoms with E-state index >= 15 is 0 Å². The Labute approximate surface area is 162 Å². The van der Waals surface area contributed by atoms with Crippen molar-refractivity contribution >= 4 is 16.9 Å². The summed E-state index contributed by atoms with van der Waals surface area (Å²) in [4.78, 5) is 18.9. The minimum absolute atomic E-state index is 0.167. The lowest BCUT2D eigenvalue weighted by Crippen LogP contribution is -2.34. The van der Waals surface area contributed by atoms with Crippen molar-refractivity contribution in [2.24, 2.45) is 0 Å². The van der Waals surface area contributed by atoms with Crippen LogP contribution in [0.4, 0.5) is 0 Å². The normalized spacial score (nSPS) is 20.2. The molecule has 1 saturated carbocycles. The molecule has 1 aliphatic heterocycles. The van der Waals surface area contributed by atoms with Gasteiger partial charge in [-0.2, -0.15) is 0 Å². The number of aryl methyl sites for hydroxylation is 1. The molecule has 0 bridgehead atoms. The van der Waals surface area contributed by atoms with Crippen LogP contribution in [0.1, 0.15) is 73.5 Å². The number of nitrogens with one attached hydrogen (secondary N) is 1. The van der Waals surface area contributed by atoms with Crippen LogP contribution >= 0.6 is 0 Å². The van der Waals surface area contributed by atoms with Gasteiger partial charge >= 0.3 is 5.97 Å². The van der Waals surface area contributed by atoms with Gasteiger partial charge in [0.1, 0.15) is 5.60 Å². The summed E-state index contributed by atoms with van der Waals surface area (Å²) >= 11 is 0.